The number of ether oxygens (including phenoxy) is 1. The minimum atomic E-state index is 0.843. The second-order valence-electron chi connectivity index (χ2n) is 7.09. The first-order valence-electron chi connectivity index (χ1n) is 9.14. The molecule has 0 N–H and O–H groups in total. The highest BCUT2D eigenvalue weighted by atomic mass is 16.5. The van der Waals surface area contributed by atoms with Crippen LogP contribution in [0, 0.1) is 13.8 Å². The number of para-hydroxylation sites is 2. The lowest BCUT2D eigenvalue weighted by Crippen LogP contribution is -1.91. The van der Waals surface area contributed by atoms with Gasteiger partial charge in [0.1, 0.15) is 11.5 Å². The third-order valence-electron chi connectivity index (χ3n) is 4.98. The molecule has 5 rings (SSSR count). The Hall–Kier alpha value is -3.39. The molecule has 0 saturated carbocycles. The number of aromatic nitrogens is 1. The van der Waals surface area contributed by atoms with Crippen molar-refractivity contribution in [2.75, 3.05) is 0 Å². The molecule has 1 aliphatic heterocycles. The van der Waals surface area contributed by atoms with E-state index in [1.165, 1.54) is 16.7 Å². The van der Waals surface area contributed by atoms with Gasteiger partial charge in [0.05, 0.1) is 5.69 Å². The van der Waals surface area contributed by atoms with E-state index < -0.39 is 0 Å². The highest BCUT2D eigenvalue weighted by Crippen LogP contribution is 2.46. The molecule has 3 aromatic carbocycles. The van der Waals surface area contributed by atoms with Crippen LogP contribution in [0.25, 0.3) is 33.5 Å². The van der Waals surface area contributed by atoms with Crippen molar-refractivity contribution in [2.24, 2.45) is 0 Å². The molecule has 0 bridgehead atoms. The molecule has 0 aliphatic carbocycles. The highest BCUT2D eigenvalue weighted by Gasteiger charge is 2.21. The molecule has 0 spiro atoms. The molecule has 0 saturated heterocycles. The molecule has 1 aromatic heterocycles. The van der Waals surface area contributed by atoms with Crippen LogP contribution in [0.5, 0.6) is 11.5 Å². The fourth-order valence-corrected chi connectivity index (χ4v) is 3.83. The van der Waals surface area contributed by atoms with Gasteiger partial charge in [-0.1, -0.05) is 59.7 Å². The van der Waals surface area contributed by atoms with Gasteiger partial charge in [0.2, 0.25) is 0 Å². The summed E-state index contributed by atoms with van der Waals surface area (Å²) in [5.41, 5.74) is 8.99. The third-order valence-corrected chi connectivity index (χ3v) is 4.98. The van der Waals surface area contributed by atoms with E-state index in [2.05, 4.69) is 50.2 Å². The normalized spacial score (nSPS) is 11.6. The third kappa shape index (κ3) is 2.70. The van der Waals surface area contributed by atoms with E-state index in [-0.39, 0.29) is 0 Å². The lowest BCUT2D eigenvalue weighted by Gasteiger charge is -2.11. The standard InChI is InChI=1S/C25H19NO/c1-16-11-17(2)13-18(12-16)19-14-22-20-7-3-5-9-23(20)27-24-10-6-4-8-21(24)25(22)26-15-19/h3-15H,1-2H3. The summed E-state index contributed by atoms with van der Waals surface area (Å²) >= 11 is 0. The van der Waals surface area contributed by atoms with E-state index >= 15 is 0 Å². The quantitative estimate of drug-likeness (QED) is 0.332. The monoisotopic (exact) mass is 349 g/mol. The van der Waals surface area contributed by atoms with Gasteiger partial charge in [-0.2, -0.15) is 0 Å². The van der Waals surface area contributed by atoms with Crippen molar-refractivity contribution in [2.45, 2.75) is 13.8 Å². The molecule has 0 unspecified atom stereocenters. The molecule has 0 atom stereocenters. The number of pyridine rings is 1. The molecule has 2 heteroatoms. The zero-order chi connectivity index (χ0) is 18.4. The lowest BCUT2D eigenvalue weighted by molar-refractivity contribution is 0.487. The molecule has 1 aliphatic rings. The number of fused-ring (bicyclic) bond motifs is 5. The number of rotatable bonds is 1. The maximum atomic E-state index is 6.23. The second kappa shape index (κ2) is 6.10. The molecule has 0 amide bonds. The number of aryl methyl sites for hydroxylation is 2. The van der Waals surface area contributed by atoms with Crippen LogP contribution >= 0.6 is 0 Å². The van der Waals surface area contributed by atoms with Crippen molar-refractivity contribution in [3.05, 3.63) is 90.1 Å². The van der Waals surface area contributed by atoms with Gasteiger partial charge in [-0.25, -0.2) is 0 Å². The molecule has 0 fully saturated rings. The fraction of sp³-hybridized carbons (Fsp3) is 0.0800. The minimum absolute atomic E-state index is 0.843. The SMILES string of the molecule is Cc1cc(C)cc(-c2cnc3c(c2)-c2ccccc2Oc2ccccc2-3)c1. The highest BCUT2D eigenvalue weighted by molar-refractivity contribution is 5.90. The van der Waals surface area contributed by atoms with Crippen molar-refractivity contribution in [1.29, 1.82) is 0 Å². The Morgan fingerprint density at radius 3 is 2.00 bits per heavy atom. The zero-order valence-corrected chi connectivity index (χ0v) is 15.4. The maximum Gasteiger partial charge on any atom is 0.136 e. The number of nitrogens with zero attached hydrogens (tertiary/aromatic N) is 1. The predicted octanol–water partition coefficient (Wildman–Crippen LogP) is 6.81. The van der Waals surface area contributed by atoms with Crippen LogP contribution in [0.3, 0.4) is 0 Å². The van der Waals surface area contributed by atoms with E-state index in [9.17, 15) is 0 Å². The van der Waals surface area contributed by atoms with Crippen LogP contribution in [-0.4, -0.2) is 4.98 Å². The Bertz CT molecular complexity index is 1160. The van der Waals surface area contributed by atoms with Gasteiger partial charge in [-0.3, -0.25) is 4.98 Å². The molecule has 0 radical (unpaired) electrons. The summed E-state index contributed by atoms with van der Waals surface area (Å²) in [5, 5.41) is 0. The minimum Gasteiger partial charge on any atom is -0.456 e. The smallest absolute Gasteiger partial charge is 0.136 e. The van der Waals surface area contributed by atoms with E-state index in [4.69, 9.17) is 9.72 Å². The molecule has 4 aromatic rings. The van der Waals surface area contributed by atoms with Gasteiger partial charge >= 0.3 is 0 Å². The summed E-state index contributed by atoms with van der Waals surface area (Å²) in [7, 11) is 0. The van der Waals surface area contributed by atoms with Crippen LogP contribution < -0.4 is 4.74 Å². The number of benzene rings is 3. The predicted molar refractivity (Wildman–Crippen MR) is 110 cm³/mol. The van der Waals surface area contributed by atoms with E-state index in [1.54, 1.807) is 0 Å². The summed E-state index contributed by atoms with van der Waals surface area (Å²) in [6.45, 7) is 4.26. The molecular weight excluding hydrogens is 330 g/mol. The first-order valence-corrected chi connectivity index (χ1v) is 9.14. The average molecular weight is 349 g/mol. The van der Waals surface area contributed by atoms with Crippen LogP contribution in [-0.2, 0) is 0 Å². The van der Waals surface area contributed by atoms with Crippen molar-refractivity contribution in [3.63, 3.8) is 0 Å². The first kappa shape index (κ1) is 15.8. The van der Waals surface area contributed by atoms with Gasteiger partial charge in [0.15, 0.2) is 0 Å². The van der Waals surface area contributed by atoms with Crippen molar-refractivity contribution >= 4 is 0 Å². The maximum absolute atomic E-state index is 6.23. The topological polar surface area (TPSA) is 22.1 Å². The largest absolute Gasteiger partial charge is 0.456 e. The van der Waals surface area contributed by atoms with Gasteiger partial charge in [0.25, 0.3) is 0 Å². The van der Waals surface area contributed by atoms with Gasteiger partial charge < -0.3 is 4.74 Å². The molecule has 2 heterocycles. The summed E-state index contributed by atoms with van der Waals surface area (Å²) in [6.07, 6.45) is 1.97. The fourth-order valence-electron chi connectivity index (χ4n) is 3.83. The van der Waals surface area contributed by atoms with Crippen LogP contribution in [0.15, 0.2) is 79.0 Å². The second-order valence-corrected chi connectivity index (χ2v) is 7.09. The summed E-state index contributed by atoms with van der Waals surface area (Å²) in [5.74, 6) is 1.71. The average Bonchev–Trinajstić information content (AvgIpc) is 2.81. The Kier molecular flexibility index (Phi) is 3.58. The van der Waals surface area contributed by atoms with Crippen LogP contribution in [0.4, 0.5) is 0 Å². The number of hydrogen-bond donors (Lipinski definition) is 0. The van der Waals surface area contributed by atoms with E-state index in [0.717, 1.165) is 39.4 Å². The molecule has 27 heavy (non-hydrogen) atoms. The Morgan fingerprint density at radius 2 is 1.26 bits per heavy atom. The molecular formula is C25H19NO. The number of hydrogen-bond acceptors (Lipinski definition) is 2. The summed E-state index contributed by atoms with van der Waals surface area (Å²) in [6, 6.07) is 25.1. The molecule has 130 valence electrons. The Balaban J connectivity index is 1.79. The first-order chi connectivity index (χ1) is 13.2. The van der Waals surface area contributed by atoms with Gasteiger partial charge in [-0.05, 0) is 43.7 Å². The zero-order valence-electron chi connectivity index (χ0n) is 15.4. The summed E-state index contributed by atoms with van der Waals surface area (Å²) in [4.78, 5) is 4.88. The van der Waals surface area contributed by atoms with E-state index in [0.29, 0.717) is 0 Å². The lowest BCUT2D eigenvalue weighted by atomic mass is 9.95. The van der Waals surface area contributed by atoms with Gasteiger partial charge in [0, 0.05) is 28.5 Å². The van der Waals surface area contributed by atoms with Crippen molar-refractivity contribution < 1.29 is 4.74 Å². The molecule has 2 nitrogen and oxygen atoms in total. The summed E-state index contributed by atoms with van der Waals surface area (Å²) < 4.78 is 6.23. The van der Waals surface area contributed by atoms with Crippen LogP contribution in [0.2, 0.25) is 0 Å². The van der Waals surface area contributed by atoms with Crippen molar-refractivity contribution in [1.82, 2.24) is 4.98 Å². The van der Waals surface area contributed by atoms with Crippen molar-refractivity contribution in [3.8, 4) is 45.0 Å². The van der Waals surface area contributed by atoms with E-state index in [1.807, 2.05) is 42.6 Å². The Labute approximate surface area is 159 Å². The van der Waals surface area contributed by atoms with Crippen LogP contribution in [0.1, 0.15) is 11.1 Å². The Morgan fingerprint density at radius 1 is 0.630 bits per heavy atom. The van der Waals surface area contributed by atoms with Gasteiger partial charge in [-0.15, -0.1) is 0 Å².